The first-order valence-corrected chi connectivity index (χ1v) is 7.81. The Morgan fingerprint density at radius 3 is 2.64 bits per heavy atom. The summed E-state index contributed by atoms with van der Waals surface area (Å²) in [4.78, 5) is 18.4. The molecule has 1 aliphatic heterocycles. The van der Waals surface area contributed by atoms with Gasteiger partial charge in [-0.2, -0.15) is 0 Å². The van der Waals surface area contributed by atoms with Gasteiger partial charge >= 0.3 is 6.03 Å². The number of nitrogens with zero attached hydrogens (tertiary/aromatic N) is 3. The molecule has 0 unspecified atom stereocenters. The number of carbonyl (C=O) groups excluding carboxylic acids is 1. The van der Waals surface area contributed by atoms with Crippen LogP contribution in [0.3, 0.4) is 0 Å². The fourth-order valence-corrected chi connectivity index (χ4v) is 2.92. The van der Waals surface area contributed by atoms with Crippen molar-refractivity contribution in [3.05, 3.63) is 48.5 Å². The number of piperidine rings is 1. The molecule has 0 atom stereocenters. The molecule has 0 saturated carbocycles. The van der Waals surface area contributed by atoms with Crippen LogP contribution in [0.1, 0.15) is 18.7 Å². The molecule has 1 aliphatic rings. The van der Waals surface area contributed by atoms with Crippen LogP contribution in [0.5, 0.6) is 0 Å². The van der Waals surface area contributed by atoms with Gasteiger partial charge in [0, 0.05) is 37.7 Å². The summed E-state index contributed by atoms with van der Waals surface area (Å²) in [5.74, 6) is 1.68. The number of hydrogen-bond acceptors (Lipinski definition) is 2. The lowest BCUT2D eigenvalue weighted by atomic mass is 9.97. The van der Waals surface area contributed by atoms with Crippen LogP contribution in [0.2, 0.25) is 0 Å². The van der Waals surface area contributed by atoms with Gasteiger partial charge in [0.15, 0.2) is 0 Å². The van der Waals surface area contributed by atoms with E-state index >= 15 is 0 Å². The van der Waals surface area contributed by atoms with Crippen LogP contribution in [0.25, 0.3) is 0 Å². The molecule has 0 radical (unpaired) electrons. The SMILES string of the molecule is Cc1nccn1CC1CCN(C(=O)Nc2ccccc2)CC1. The summed E-state index contributed by atoms with van der Waals surface area (Å²) in [6.45, 7) is 4.66. The van der Waals surface area contributed by atoms with E-state index in [0.717, 1.165) is 44.0 Å². The summed E-state index contributed by atoms with van der Waals surface area (Å²) in [6, 6.07) is 9.62. The van der Waals surface area contributed by atoms with Crippen molar-refractivity contribution >= 4 is 11.7 Å². The van der Waals surface area contributed by atoms with E-state index in [9.17, 15) is 4.79 Å². The Labute approximate surface area is 131 Å². The number of anilines is 1. The highest BCUT2D eigenvalue weighted by Crippen LogP contribution is 2.20. The van der Waals surface area contributed by atoms with Gasteiger partial charge in [-0.3, -0.25) is 0 Å². The Morgan fingerprint density at radius 1 is 1.27 bits per heavy atom. The molecule has 0 bridgehead atoms. The van der Waals surface area contributed by atoms with Crippen LogP contribution in [0, 0.1) is 12.8 Å². The number of benzene rings is 1. The van der Waals surface area contributed by atoms with E-state index in [1.54, 1.807) is 0 Å². The minimum Gasteiger partial charge on any atom is -0.335 e. The largest absolute Gasteiger partial charge is 0.335 e. The zero-order chi connectivity index (χ0) is 15.4. The molecule has 1 saturated heterocycles. The van der Waals surface area contributed by atoms with Gasteiger partial charge < -0.3 is 14.8 Å². The number of imidazole rings is 1. The lowest BCUT2D eigenvalue weighted by Crippen LogP contribution is -2.41. The number of rotatable bonds is 3. The van der Waals surface area contributed by atoms with Gasteiger partial charge in [0.05, 0.1) is 0 Å². The molecule has 2 amide bonds. The van der Waals surface area contributed by atoms with Crippen LogP contribution >= 0.6 is 0 Å². The molecule has 22 heavy (non-hydrogen) atoms. The zero-order valence-electron chi connectivity index (χ0n) is 12.9. The minimum atomic E-state index is 0.00320. The molecule has 5 heteroatoms. The third-order valence-corrected chi connectivity index (χ3v) is 4.31. The maximum atomic E-state index is 12.2. The molecule has 2 heterocycles. The average Bonchev–Trinajstić information content (AvgIpc) is 2.94. The summed E-state index contributed by atoms with van der Waals surface area (Å²) in [5.41, 5.74) is 0.851. The lowest BCUT2D eigenvalue weighted by molar-refractivity contribution is 0.176. The van der Waals surface area contributed by atoms with Crippen LogP contribution < -0.4 is 5.32 Å². The highest BCUT2D eigenvalue weighted by molar-refractivity contribution is 5.89. The number of nitrogens with one attached hydrogen (secondary N) is 1. The second-order valence-corrected chi connectivity index (χ2v) is 5.85. The quantitative estimate of drug-likeness (QED) is 0.946. The summed E-state index contributed by atoms with van der Waals surface area (Å²) >= 11 is 0. The van der Waals surface area contributed by atoms with Crippen LogP contribution in [0.15, 0.2) is 42.7 Å². The molecule has 0 spiro atoms. The molecular weight excluding hydrogens is 276 g/mol. The molecule has 1 aromatic carbocycles. The normalized spacial score (nSPS) is 15.8. The monoisotopic (exact) mass is 298 g/mol. The summed E-state index contributed by atoms with van der Waals surface area (Å²) < 4.78 is 2.20. The van der Waals surface area contributed by atoms with Crippen molar-refractivity contribution in [2.45, 2.75) is 26.3 Å². The van der Waals surface area contributed by atoms with E-state index in [0.29, 0.717) is 5.92 Å². The average molecular weight is 298 g/mol. The van der Waals surface area contributed by atoms with Gasteiger partial charge in [-0.15, -0.1) is 0 Å². The second-order valence-electron chi connectivity index (χ2n) is 5.85. The highest BCUT2D eigenvalue weighted by atomic mass is 16.2. The Hall–Kier alpha value is -2.30. The van der Waals surface area contributed by atoms with Gasteiger partial charge in [0.1, 0.15) is 5.82 Å². The topological polar surface area (TPSA) is 50.2 Å². The van der Waals surface area contributed by atoms with Crippen molar-refractivity contribution < 1.29 is 4.79 Å². The maximum Gasteiger partial charge on any atom is 0.321 e. The predicted octanol–water partition coefficient (Wildman–Crippen LogP) is 3.14. The van der Waals surface area contributed by atoms with Crippen molar-refractivity contribution in [2.24, 2.45) is 5.92 Å². The minimum absolute atomic E-state index is 0.00320. The number of carbonyl (C=O) groups is 1. The van der Waals surface area contributed by atoms with Crippen molar-refractivity contribution in [1.82, 2.24) is 14.5 Å². The maximum absolute atomic E-state index is 12.2. The van der Waals surface area contributed by atoms with Crippen LogP contribution in [-0.4, -0.2) is 33.6 Å². The number of hydrogen-bond donors (Lipinski definition) is 1. The molecule has 1 aromatic heterocycles. The Kier molecular flexibility index (Phi) is 4.42. The Balaban J connectivity index is 1.49. The number of likely N-dealkylation sites (tertiary alicyclic amines) is 1. The van der Waals surface area contributed by atoms with E-state index in [-0.39, 0.29) is 6.03 Å². The van der Waals surface area contributed by atoms with Crippen molar-refractivity contribution in [1.29, 1.82) is 0 Å². The summed E-state index contributed by atoms with van der Waals surface area (Å²) in [7, 11) is 0. The lowest BCUT2D eigenvalue weighted by Gasteiger charge is -2.32. The molecular formula is C17H22N4O. The van der Waals surface area contributed by atoms with E-state index in [1.165, 1.54) is 0 Å². The standard InChI is InChI=1S/C17H22N4O/c1-14-18-9-12-21(14)13-15-7-10-20(11-8-15)17(22)19-16-5-3-2-4-6-16/h2-6,9,12,15H,7-8,10-11,13H2,1H3,(H,19,22). The van der Waals surface area contributed by atoms with Gasteiger partial charge in [-0.1, -0.05) is 18.2 Å². The first-order valence-electron chi connectivity index (χ1n) is 7.81. The predicted molar refractivity (Wildman–Crippen MR) is 86.7 cm³/mol. The van der Waals surface area contributed by atoms with Gasteiger partial charge in [-0.25, -0.2) is 9.78 Å². The third-order valence-electron chi connectivity index (χ3n) is 4.31. The molecule has 5 nitrogen and oxygen atoms in total. The Morgan fingerprint density at radius 2 is 2.00 bits per heavy atom. The molecule has 2 aromatic rings. The van der Waals surface area contributed by atoms with Gasteiger partial charge in [0.25, 0.3) is 0 Å². The molecule has 1 fully saturated rings. The number of aromatic nitrogens is 2. The second kappa shape index (κ2) is 6.64. The number of amides is 2. The van der Waals surface area contributed by atoms with E-state index in [4.69, 9.17) is 0 Å². The van der Waals surface area contributed by atoms with Crippen molar-refractivity contribution in [2.75, 3.05) is 18.4 Å². The van der Waals surface area contributed by atoms with Crippen molar-refractivity contribution in [3.63, 3.8) is 0 Å². The van der Waals surface area contributed by atoms with E-state index in [1.807, 2.05) is 54.5 Å². The third kappa shape index (κ3) is 3.47. The number of para-hydroxylation sites is 1. The van der Waals surface area contributed by atoms with Crippen LogP contribution in [0.4, 0.5) is 10.5 Å². The molecule has 0 aliphatic carbocycles. The Bertz CT molecular complexity index is 615. The van der Waals surface area contributed by atoms with Crippen molar-refractivity contribution in [3.8, 4) is 0 Å². The summed E-state index contributed by atoms with van der Waals surface area (Å²) in [5, 5.41) is 2.95. The number of urea groups is 1. The van der Waals surface area contributed by atoms with Crippen LogP contribution in [-0.2, 0) is 6.54 Å². The fourth-order valence-electron chi connectivity index (χ4n) is 2.92. The summed E-state index contributed by atoms with van der Waals surface area (Å²) in [6.07, 6.45) is 5.96. The first-order chi connectivity index (χ1) is 10.7. The number of aryl methyl sites for hydroxylation is 1. The van der Waals surface area contributed by atoms with Gasteiger partial charge in [-0.05, 0) is 37.8 Å². The van der Waals surface area contributed by atoms with E-state index < -0.39 is 0 Å². The highest BCUT2D eigenvalue weighted by Gasteiger charge is 2.23. The molecule has 116 valence electrons. The smallest absolute Gasteiger partial charge is 0.321 e. The molecule has 1 N–H and O–H groups in total. The zero-order valence-corrected chi connectivity index (χ0v) is 12.9. The molecule has 3 rings (SSSR count). The fraction of sp³-hybridized carbons (Fsp3) is 0.412. The first kappa shape index (κ1) is 14.6. The van der Waals surface area contributed by atoms with E-state index in [2.05, 4.69) is 14.9 Å². The van der Waals surface area contributed by atoms with Gasteiger partial charge in [0.2, 0.25) is 0 Å².